The number of aliphatic imine (C=N–C) groups is 1. The van der Waals surface area contributed by atoms with Crippen molar-refractivity contribution in [2.24, 2.45) is 10.4 Å². The zero-order valence-corrected chi connectivity index (χ0v) is 15.5. The van der Waals surface area contributed by atoms with E-state index in [-0.39, 0.29) is 17.8 Å². The van der Waals surface area contributed by atoms with Gasteiger partial charge in [0, 0.05) is 6.07 Å². The van der Waals surface area contributed by atoms with Gasteiger partial charge in [0.2, 0.25) is 5.84 Å². The predicted octanol–water partition coefficient (Wildman–Crippen LogP) is 0.684. The SMILES string of the molecule is Cc1ccc(OCC[NH+]2C(C(C)(C)C)=Nc3ccccc32)cc1.[Cl-]. The van der Waals surface area contributed by atoms with Crippen LogP contribution in [-0.2, 0) is 0 Å². The van der Waals surface area contributed by atoms with Gasteiger partial charge in [-0.15, -0.1) is 0 Å². The first kappa shape index (κ1) is 18.5. The topological polar surface area (TPSA) is 26.0 Å². The van der Waals surface area contributed by atoms with Crippen LogP contribution in [0.1, 0.15) is 26.3 Å². The van der Waals surface area contributed by atoms with Crippen LogP contribution in [0.2, 0.25) is 0 Å². The fourth-order valence-corrected chi connectivity index (χ4v) is 2.92. The highest BCUT2D eigenvalue weighted by atomic mass is 35.5. The lowest BCUT2D eigenvalue weighted by Gasteiger charge is -2.24. The second-order valence-electron chi connectivity index (χ2n) is 7.12. The van der Waals surface area contributed by atoms with Crippen molar-refractivity contribution < 1.29 is 22.0 Å². The standard InChI is InChI=1S/C20H24N2O.ClH/c1-15-9-11-16(12-10-15)23-14-13-22-18-8-6-5-7-17(18)21-19(22)20(2,3)4;/h5-12H,13-14H2,1-4H3;1H. The Balaban J connectivity index is 0.00000208. The van der Waals surface area contributed by atoms with Crippen LogP contribution in [-0.4, -0.2) is 19.0 Å². The van der Waals surface area contributed by atoms with E-state index in [1.165, 1.54) is 22.0 Å². The highest BCUT2D eigenvalue weighted by molar-refractivity contribution is 5.89. The van der Waals surface area contributed by atoms with Crippen molar-refractivity contribution in [3.8, 4) is 5.75 Å². The molecule has 1 unspecified atom stereocenters. The third-order valence-corrected chi connectivity index (χ3v) is 4.10. The Morgan fingerprint density at radius 2 is 1.67 bits per heavy atom. The van der Waals surface area contributed by atoms with E-state index in [0.717, 1.165) is 18.0 Å². The maximum Gasteiger partial charge on any atom is 0.212 e. The molecule has 0 aromatic heterocycles. The maximum absolute atomic E-state index is 5.92. The van der Waals surface area contributed by atoms with Gasteiger partial charge in [0.05, 0.1) is 5.41 Å². The molecule has 1 atom stereocenters. The molecule has 3 rings (SSSR count). The number of hydrogen-bond donors (Lipinski definition) is 1. The van der Waals surface area contributed by atoms with Gasteiger partial charge in [-0.2, -0.15) is 4.99 Å². The number of nitrogens with one attached hydrogen (secondary N) is 1. The van der Waals surface area contributed by atoms with Crippen molar-refractivity contribution in [2.75, 3.05) is 13.2 Å². The van der Waals surface area contributed by atoms with Gasteiger partial charge in [-0.3, -0.25) is 4.90 Å². The summed E-state index contributed by atoms with van der Waals surface area (Å²) in [5, 5.41) is 0. The Kier molecular flexibility index (Phi) is 5.68. The van der Waals surface area contributed by atoms with Crippen LogP contribution in [0.3, 0.4) is 0 Å². The number of para-hydroxylation sites is 2. The minimum Gasteiger partial charge on any atom is -1.00 e. The van der Waals surface area contributed by atoms with E-state index in [2.05, 4.69) is 58.0 Å². The number of aryl methyl sites for hydroxylation is 1. The minimum atomic E-state index is 0. The van der Waals surface area contributed by atoms with Crippen LogP contribution in [0, 0.1) is 12.3 Å². The molecule has 2 aromatic carbocycles. The first-order valence-electron chi connectivity index (χ1n) is 8.19. The Hall–Kier alpha value is -1.84. The van der Waals surface area contributed by atoms with Crippen molar-refractivity contribution in [1.29, 1.82) is 0 Å². The summed E-state index contributed by atoms with van der Waals surface area (Å²) in [4.78, 5) is 6.19. The predicted molar refractivity (Wildman–Crippen MR) is 95.2 cm³/mol. The molecule has 0 fully saturated rings. The largest absolute Gasteiger partial charge is 1.00 e. The lowest BCUT2D eigenvalue weighted by molar-refractivity contribution is -0.733. The molecule has 0 radical (unpaired) electrons. The molecule has 3 nitrogen and oxygen atoms in total. The van der Waals surface area contributed by atoms with Crippen molar-refractivity contribution in [1.82, 2.24) is 0 Å². The number of quaternary nitrogens is 1. The number of rotatable bonds is 4. The molecule has 0 saturated carbocycles. The average molecular weight is 345 g/mol. The van der Waals surface area contributed by atoms with Crippen LogP contribution in [0.4, 0.5) is 11.4 Å². The molecule has 0 spiro atoms. The molecular weight excluding hydrogens is 320 g/mol. The summed E-state index contributed by atoms with van der Waals surface area (Å²) in [5.41, 5.74) is 3.63. The van der Waals surface area contributed by atoms with Crippen LogP contribution < -0.4 is 22.0 Å². The van der Waals surface area contributed by atoms with Crippen LogP contribution >= 0.6 is 0 Å². The van der Waals surface area contributed by atoms with Gasteiger partial charge < -0.3 is 17.1 Å². The fraction of sp³-hybridized carbons (Fsp3) is 0.350. The fourth-order valence-electron chi connectivity index (χ4n) is 2.92. The summed E-state index contributed by atoms with van der Waals surface area (Å²) >= 11 is 0. The van der Waals surface area contributed by atoms with E-state index < -0.39 is 0 Å². The molecule has 1 N–H and O–H groups in total. The van der Waals surface area contributed by atoms with Crippen LogP contribution in [0.25, 0.3) is 0 Å². The van der Waals surface area contributed by atoms with Gasteiger partial charge >= 0.3 is 0 Å². The molecule has 0 bridgehead atoms. The number of ether oxygens (including phenoxy) is 1. The molecule has 0 aliphatic carbocycles. The summed E-state index contributed by atoms with van der Waals surface area (Å²) in [5.74, 6) is 2.11. The molecule has 0 saturated heterocycles. The van der Waals surface area contributed by atoms with E-state index in [1.807, 2.05) is 18.2 Å². The highest BCUT2D eigenvalue weighted by Gasteiger charge is 2.37. The van der Waals surface area contributed by atoms with Gasteiger partial charge in [-0.1, -0.05) is 29.8 Å². The number of hydrogen-bond acceptors (Lipinski definition) is 2. The molecule has 128 valence electrons. The van der Waals surface area contributed by atoms with Crippen molar-refractivity contribution in [3.05, 3.63) is 54.1 Å². The van der Waals surface area contributed by atoms with Crippen molar-refractivity contribution in [2.45, 2.75) is 27.7 Å². The lowest BCUT2D eigenvalue weighted by atomic mass is 9.94. The molecule has 24 heavy (non-hydrogen) atoms. The molecule has 2 aromatic rings. The van der Waals surface area contributed by atoms with Crippen molar-refractivity contribution in [3.63, 3.8) is 0 Å². The second kappa shape index (κ2) is 7.37. The van der Waals surface area contributed by atoms with Gasteiger partial charge in [0.15, 0.2) is 5.69 Å². The Morgan fingerprint density at radius 3 is 2.33 bits per heavy atom. The lowest BCUT2D eigenvalue weighted by Crippen LogP contribution is -3.11. The van der Waals surface area contributed by atoms with E-state index in [0.29, 0.717) is 6.61 Å². The zero-order chi connectivity index (χ0) is 16.4. The average Bonchev–Trinajstić information content (AvgIpc) is 2.89. The van der Waals surface area contributed by atoms with E-state index in [9.17, 15) is 0 Å². The Labute approximate surface area is 150 Å². The van der Waals surface area contributed by atoms with Gasteiger partial charge in [-0.25, -0.2) is 0 Å². The quantitative estimate of drug-likeness (QED) is 0.867. The molecule has 0 amide bonds. The zero-order valence-electron chi connectivity index (χ0n) is 14.8. The number of fused-ring (bicyclic) bond motifs is 1. The summed E-state index contributed by atoms with van der Waals surface area (Å²) in [6.45, 7) is 10.3. The van der Waals surface area contributed by atoms with Crippen LogP contribution in [0.5, 0.6) is 5.75 Å². The number of nitrogens with zero attached hydrogens (tertiary/aromatic N) is 1. The van der Waals surface area contributed by atoms with Gasteiger partial charge in [-0.05, 0) is 45.9 Å². The molecule has 1 heterocycles. The third kappa shape index (κ3) is 3.97. The highest BCUT2D eigenvalue weighted by Crippen LogP contribution is 2.29. The molecule has 4 heteroatoms. The number of benzene rings is 2. The first-order valence-corrected chi connectivity index (χ1v) is 8.19. The minimum absolute atomic E-state index is 0. The van der Waals surface area contributed by atoms with Gasteiger partial charge in [0.1, 0.15) is 24.6 Å². The third-order valence-electron chi connectivity index (χ3n) is 4.10. The normalized spacial score (nSPS) is 16.2. The van der Waals surface area contributed by atoms with E-state index in [1.54, 1.807) is 0 Å². The molecule has 1 aliphatic heterocycles. The maximum atomic E-state index is 5.92. The summed E-state index contributed by atoms with van der Waals surface area (Å²) in [6, 6.07) is 16.6. The summed E-state index contributed by atoms with van der Waals surface area (Å²) in [6.07, 6.45) is 0. The summed E-state index contributed by atoms with van der Waals surface area (Å²) < 4.78 is 5.92. The van der Waals surface area contributed by atoms with E-state index in [4.69, 9.17) is 9.73 Å². The first-order chi connectivity index (χ1) is 10.9. The second-order valence-corrected chi connectivity index (χ2v) is 7.12. The monoisotopic (exact) mass is 344 g/mol. The van der Waals surface area contributed by atoms with Crippen molar-refractivity contribution >= 4 is 17.2 Å². The molecule has 1 aliphatic rings. The molecular formula is C20H25ClN2O. The van der Waals surface area contributed by atoms with Gasteiger partial charge in [0.25, 0.3) is 0 Å². The number of amidine groups is 1. The van der Waals surface area contributed by atoms with Crippen LogP contribution in [0.15, 0.2) is 53.5 Å². The number of halogens is 1. The summed E-state index contributed by atoms with van der Waals surface area (Å²) in [7, 11) is 0. The van der Waals surface area contributed by atoms with E-state index >= 15 is 0 Å². The Morgan fingerprint density at radius 1 is 1.00 bits per heavy atom. The Bertz CT molecular complexity index is 717. The smallest absolute Gasteiger partial charge is 0.212 e.